The Morgan fingerprint density at radius 2 is 1.70 bits per heavy atom. The summed E-state index contributed by atoms with van der Waals surface area (Å²) in [6, 6.07) is 0.0915. The molecule has 1 atom stereocenters. The van der Waals surface area contributed by atoms with Gasteiger partial charge in [0, 0.05) is 38.5 Å². The maximum atomic E-state index is 13.8. The molecule has 0 fully saturated rings. The summed E-state index contributed by atoms with van der Waals surface area (Å²) in [5.41, 5.74) is 5.67. The van der Waals surface area contributed by atoms with Gasteiger partial charge in [-0.05, 0) is 18.1 Å². The predicted octanol–water partition coefficient (Wildman–Crippen LogP) is 1.65. The van der Waals surface area contributed by atoms with Gasteiger partial charge in [-0.2, -0.15) is 13.2 Å². The number of fused-ring (bicyclic) bond motifs is 1. The summed E-state index contributed by atoms with van der Waals surface area (Å²) >= 11 is 0. The van der Waals surface area contributed by atoms with E-state index in [1.165, 1.54) is 4.90 Å². The molecular formula is C19H22F6N5O6P. The molecule has 2 aromatic rings. The van der Waals surface area contributed by atoms with Crippen molar-refractivity contribution < 1.29 is 55.2 Å². The smallest absolute Gasteiger partial charge is 0.335 e. The van der Waals surface area contributed by atoms with Crippen LogP contribution in [0.5, 0.6) is 0 Å². The molecule has 1 aromatic heterocycles. The summed E-state index contributed by atoms with van der Waals surface area (Å²) in [6.45, 7) is 0.567. The fourth-order valence-corrected chi connectivity index (χ4v) is 3.49. The number of amides is 2. The van der Waals surface area contributed by atoms with Crippen LogP contribution in [0.2, 0.25) is 0 Å². The Balaban J connectivity index is 0.000000877. The number of phosphoric acid groups is 1. The maximum Gasteiger partial charge on any atom is 0.466 e. The summed E-state index contributed by atoms with van der Waals surface area (Å²) in [6.07, 6.45) is -5.32. The minimum absolute atomic E-state index is 0.00680. The van der Waals surface area contributed by atoms with Crippen LogP contribution in [0.3, 0.4) is 0 Å². The topological polar surface area (TPSA) is 171 Å². The predicted molar refractivity (Wildman–Crippen MR) is 114 cm³/mol. The number of aromatic nitrogens is 2. The van der Waals surface area contributed by atoms with Crippen molar-refractivity contribution in [3.8, 4) is 0 Å². The minimum Gasteiger partial charge on any atom is -0.335 e. The average Bonchev–Trinajstić information content (AvgIpc) is 3.08. The Kier molecular flexibility index (Phi) is 9.48. The van der Waals surface area contributed by atoms with Crippen molar-refractivity contribution in [2.75, 3.05) is 11.9 Å². The Morgan fingerprint density at radius 1 is 1.14 bits per heavy atom. The number of carbonyl (C=O) groups excluding carboxylic acids is 2. The number of nitrogens with one attached hydrogen (secondary N) is 1. The molecule has 0 saturated carbocycles. The van der Waals surface area contributed by atoms with Gasteiger partial charge >= 0.3 is 14.0 Å². The van der Waals surface area contributed by atoms with E-state index in [0.29, 0.717) is 12.1 Å². The first-order valence-electron chi connectivity index (χ1n) is 10.3. The first kappa shape index (κ1) is 30.2. The molecule has 6 N–H and O–H groups in total. The van der Waals surface area contributed by atoms with Crippen LogP contribution in [0.1, 0.15) is 30.4 Å². The number of nitrogens with two attached hydrogens (primary N) is 1. The van der Waals surface area contributed by atoms with E-state index >= 15 is 0 Å². The van der Waals surface area contributed by atoms with Crippen LogP contribution in [0, 0.1) is 17.5 Å². The second kappa shape index (κ2) is 11.6. The number of halogens is 6. The lowest BCUT2D eigenvalue weighted by Crippen LogP contribution is -2.42. The molecule has 0 radical (unpaired) electrons. The Morgan fingerprint density at radius 3 is 2.24 bits per heavy atom. The Hall–Kier alpha value is -2.98. The molecule has 1 aliphatic heterocycles. The molecule has 0 spiro atoms. The van der Waals surface area contributed by atoms with Crippen LogP contribution in [-0.2, 0) is 39.8 Å². The number of imidazole rings is 1. The van der Waals surface area contributed by atoms with Crippen molar-refractivity contribution >= 4 is 25.5 Å². The van der Waals surface area contributed by atoms with Crippen LogP contribution < -0.4 is 11.1 Å². The highest BCUT2D eigenvalue weighted by molar-refractivity contribution is 7.45. The van der Waals surface area contributed by atoms with Crippen LogP contribution in [0.25, 0.3) is 0 Å². The van der Waals surface area contributed by atoms with Crippen molar-refractivity contribution in [2.24, 2.45) is 5.73 Å². The molecule has 206 valence electrons. The van der Waals surface area contributed by atoms with Crippen LogP contribution >= 0.6 is 7.82 Å². The molecule has 0 bridgehead atoms. The summed E-state index contributed by atoms with van der Waals surface area (Å²) in [5.74, 6) is -6.25. The third-order valence-electron chi connectivity index (χ3n) is 4.92. The highest BCUT2D eigenvalue weighted by Gasteiger charge is 2.40. The number of rotatable bonds is 5. The third-order valence-corrected chi connectivity index (χ3v) is 4.92. The summed E-state index contributed by atoms with van der Waals surface area (Å²) in [4.78, 5) is 50.3. The van der Waals surface area contributed by atoms with Gasteiger partial charge in [0.1, 0.15) is 5.82 Å². The molecule has 11 nitrogen and oxygen atoms in total. The van der Waals surface area contributed by atoms with Gasteiger partial charge in [-0.15, -0.1) is 0 Å². The molecule has 2 amide bonds. The molecule has 37 heavy (non-hydrogen) atoms. The second-order valence-electron chi connectivity index (χ2n) is 7.92. The normalized spacial score (nSPS) is 14.4. The standard InChI is InChI=1S/C19H19F6N5O2.H3O4P/c1-9(31)27-17-15-8-29(2-3-30(15)18(28-17)19(23,24)25)16(32)6-11(26)4-10-5-13(21)14(22)7-12(10)20;1-5(2,3)4/h5,7,11H,2-4,6,8,26H2,1H3,(H,27,31);(H3,1,2,3,4)/t11-;/m1./s1. The van der Waals surface area contributed by atoms with Crippen molar-refractivity contribution in [3.05, 3.63) is 46.7 Å². The van der Waals surface area contributed by atoms with Crippen molar-refractivity contribution in [2.45, 2.75) is 45.1 Å². The van der Waals surface area contributed by atoms with E-state index in [2.05, 4.69) is 10.3 Å². The molecule has 3 rings (SSSR count). The fourth-order valence-electron chi connectivity index (χ4n) is 3.49. The van der Waals surface area contributed by atoms with Gasteiger partial charge in [-0.25, -0.2) is 22.7 Å². The van der Waals surface area contributed by atoms with Crippen molar-refractivity contribution in [1.82, 2.24) is 14.5 Å². The quantitative estimate of drug-likeness (QED) is 0.208. The van der Waals surface area contributed by atoms with Crippen LogP contribution in [0.4, 0.5) is 32.2 Å². The molecule has 18 heteroatoms. The third kappa shape index (κ3) is 8.82. The van der Waals surface area contributed by atoms with E-state index in [-0.39, 0.29) is 49.6 Å². The van der Waals surface area contributed by atoms with Gasteiger partial charge in [0.05, 0.1) is 12.2 Å². The molecule has 0 aliphatic carbocycles. The Labute approximate surface area is 205 Å². The number of alkyl halides is 3. The lowest BCUT2D eigenvalue weighted by Gasteiger charge is -2.30. The van der Waals surface area contributed by atoms with Crippen LogP contribution in [-0.4, -0.2) is 53.5 Å². The molecule has 1 aliphatic rings. The van der Waals surface area contributed by atoms with Gasteiger partial charge in [0.25, 0.3) is 0 Å². The van der Waals surface area contributed by atoms with E-state index in [0.717, 1.165) is 11.5 Å². The van der Waals surface area contributed by atoms with Gasteiger partial charge in [-0.1, -0.05) is 0 Å². The second-order valence-corrected chi connectivity index (χ2v) is 8.94. The number of nitrogens with zero attached hydrogens (tertiary/aromatic N) is 3. The fraction of sp³-hybridized carbons (Fsp3) is 0.421. The SMILES string of the molecule is CC(=O)Nc1nc(C(F)(F)F)n2c1CN(C(=O)C[C@H](N)Cc1cc(F)c(F)cc1F)CC2.O=P(O)(O)O. The molecule has 1 aromatic carbocycles. The average molecular weight is 561 g/mol. The van der Waals surface area contributed by atoms with Gasteiger partial charge in [-0.3, -0.25) is 9.59 Å². The Bertz CT molecular complexity index is 1210. The highest BCUT2D eigenvalue weighted by Crippen LogP contribution is 2.34. The lowest BCUT2D eigenvalue weighted by molar-refractivity contribution is -0.148. The summed E-state index contributed by atoms with van der Waals surface area (Å²) in [5, 5.41) is 2.23. The number of benzene rings is 1. The number of anilines is 1. The molecule has 0 unspecified atom stereocenters. The number of hydrogen-bond acceptors (Lipinski definition) is 5. The first-order chi connectivity index (χ1) is 16.9. The van der Waals surface area contributed by atoms with E-state index in [9.17, 15) is 35.9 Å². The zero-order chi connectivity index (χ0) is 28.3. The van der Waals surface area contributed by atoms with Crippen molar-refractivity contribution in [3.63, 3.8) is 0 Å². The highest BCUT2D eigenvalue weighted by atomic mass is 31.2. The van der Waals surface area contributed by atoms with E-state index in [4.69, 9.17) is 25.0 Å². The minimum atomic E-state index is -4.76. The van der Waals surface area contributed by atoms with Gasteiger partial charge in [0.2, 0.25) is 17.6 Å². The molecular weight excluding hydrogens is 539 g/mol. The lowest BCUT2D eigenvalue weighted by atomic mass is 10.0. The largest absolute Gasteiger partial charge is 0.466 e. The molecule has 0 saturated heterocycles. The van der Waals surface area contributed by atoms with Crippen LogP contribution in [0.15, 0.2) is 12.1 Å². The monoisotopic (exact) mass is 561 g/mol. The first-order valence-corrected chi connectivity index (χ1v) is 11.8. The van der Waals surface area contributed by atoms with E-state index < -0.39 is 55.1 Å². The van der Waals surface area contributed by atoms with E-state index in [1.807, 2.05) is 0 Å². The van der Waals surface area contributed by atoms with Gasteiger partial charge < -0.3 is 35.2 Å². The zero-order valence-electron chi connectivity index (χ0n) is 19.0. The zero-order valence-corrected chi connectivity index (χ0v) is 19.9. The maximum absolute atomic E-state index is 13.8. The summed E-state index contributed by atoms with van der Waals surface area (Å²) in [7, 11) is -4.64. The molecule has 2 heterocycles. The van der Waals surface area contributed by atoms with E-state index in [1.54, 1.807) is 0 Å². The number of hydrogen-bond donors (Lipinski definition) is 5. The summed E-state index contributed by atoms with van der Waals surface area (Å²) < 4.78 is 89.8. The number of carbonyl (C=O) groups is 2. The van der Waals surface area contributed by atoms with Gasteiger partial charge in [0.15, 0.2) is 17.5 Å². The van der Waals surface area contributed by atoms with Crippen molar-refractivity contribution in [1.29, 1.82) is 0 Å².